The second-order valence-electron chi connectivity index (χ2n) is 14.1. The summed E-state index contributed by atoms with van der Waals surface area (Å²) in [5.74, 6) is 0. The van der Waals surface area contributed by atoms with Gasteiger partial charge in [-0.15, -0.1) is 0 Å². The normalized spacial score (nSPS) is 12.2. The molecule has 0 aliphatic carbocycles. The van der Waals surface area contributed by atoms with Crippen LogP contribution < -0.4 is 0 Å². The topological polar surface area (TPSA) is 14.8 Å². The number of nitrogens with zero attached hydrogens (tertiary/aromatic N) is 3. The number of hydrogen-bond donors (Lipinski definition) is 0. The molecular weight excluding hydrogens is 643 g/mol. The van der Waals surface area contributed by atoms with Gasteiger partial charge in [0.05, 0.1) is 33.1 Å². The Morgan fingerprint density at radius 3 is 1.00 bits per heavy atom. The molecule has 12 rings (SSSR count). The van der Waals surface area contributed by atoms with Crippen LogP contribution in [-0.2, 0) is 0 Å². The van der Waals surface area contributed by atoms with Gasteiger partial charge in [-0.25, -0.2) is 0 Å². The van der Waals surface area contributed by atoms with E-state index in [1.165, 1.54) is 87.0 Å². The van der Waals surface area contributed by atoms with Crippen molar-refractivity contribution in [2.75, 3.05) is 0 Å². The van der Waals surface area contributed by atoms with Crippen molar-refractivity contribution in [1.82, 2.24) is 13.7 Å². The van der Waals surface area contributed by atoms with Gasteiger partial charge in [-0.3, -0.25) is 0 Å². The number of benzene rings is 9. The van der Waals surface area contributed by atoms with Crippen LogP contribution >= 0.6 is 0 Å². The minimum atomic E-state index is 1.15. The molecule has 0 N–H and O–H groups in total. The summed E-state index contributed by atoms with van der Waals surface area (Å²) in [5.41, 5.74) is 10.7. The van der Waals surface area contributed by atoms with E-state index in [4.69, 9.17) is 0 Å². The van der Waals surface area contributed by atoms with Crippen LogP contribution in [0, 0.1) is 0 Å². The maximum atomic E-state index is 2.51. The number of rotatable bonds is 3. The zero-order valence-corrected chi connectivity index (χ0v) is 28.7. The lowest BCUT2D eigenvalue weighted by Gasteiger charge is -2.11. The fourth-order valence-corrected chi connectivity index (χ4v) is 9.27. The molecule has 0 aliphatic rings. The highest BCUT2D eigenvalue weighted by Gasteiger charge is 2.26. The van der Waals surface area contributed by atoms with Crippen molar-refractivity contribution in [1.29, 1.82) is 0 Å². The summed E-state index contributed by atoms with van der Waals surface area (Å²) in [7, 11) is 0. The second kappa shape index (κ2) is 10.7. The van der Waals surface area contributed by atoms with Gasteiger partial charge >= 0.3 is 0 Å². The summed E-state index contributed by atoms with van der Waals surface area (Å²) in [6.07, 6.45) is 0. The Bertz CT molecular complexity index is 3210. The number of aromatic nitrogens is 3. The van der Waals surface area contributed by atoms with Gasteiger partial charge in [0, 0.05) is 49.4 Å². The number of fused-ring (bicyclic) bond motifs is 15. The molecular formula is C50H31N3. The first-order valence-corrected chi connectivity index (χ1v) is 18.3. The molecule has 0 atom stereocenters. The van der Waals surface area contributed by atoms with E-state index in [1.807, 2.05) is 0 Å². The van der Waals surface area contributed by atoms with Crippen LogP contribution in [0.3, 0.4) is 0 Å². The lowest BCUT2D eigenvalue weighted by molar-refractivity contribution is 1.17. The van der Waals surface area contributed by atoms with E-state index in [2.05, 4.69) is 202 Å². The molecule has 0 bridgehead atoms. The molecule has 9 aromatic carbocycles. The van der Waals surface area contributed by atoms with E-state index >= 15 is 0 Å². The summed E-state index contributed by atoms with van der Waals surface area (Å²) < 4.78 is 7.50. The van der Waals surface area contributed by atoms with Gasteiger partial charge in [0.15, 0.2) is 0 Å². The fourth-order valence-electron chi connectivity index (χ4n) is 9.27. The number of hydrogen-bond acceptors (Lipinski definition) is 0. The molecule has 0 radical (unpaired) electrons. The van der Waals surface area contributed by atoms with Crippen molar-refractivity contribution in [2.24, 2.45) is 0 Å². The minimum absolute atomic E-state index is 1.15. The van der Waals surface area contributed by atoms with E-state index in [0.29, 0.717) is 0 Å². The van der Waals surface area contributed by atoms with E-state index in [-0.39, 0.29) is 0 Å². The molecule has 0 saturated carbocycles. The van der Waals surface area contributed by atoms with Crippen molar-refractivity contribution in [2.45, 2.75) is 0 Å². The molecule has 246 valence electrons. The van der Waals surface area contributed by atoms with Crippen molar-refractivity contribution < 1.29 is 0 Å². The molecule has 3 nitrogen and oxygen atoms in total. The quantitative estimate of drug-likeness (QED) is 0.177. The molecule has 12 aromatic rings. The Kier molecular flexibility index (Phi) is 5.77. The first kappa shape index (κ1) is 28.6. The van der Waals surface area contributed by atoms with Gasteiger partial charge < -0.3 is 13.7 Å². The molecule has 0 unspecified atom stereocenters. The van der Waals surface area contributed by atoms with Crippen molar-refractivity contribution in [3.63, 3.8) is 0 Å². The maximum Gasteiger partial charge on any atom is 0.0642 e. The Morgan fingerprint density at radius 2 is 0.566 bits per heavy atom. The van der Waals surface area contributed by atoms with Crippen LogP contribution in [-0.4, -0.2) is 13.7 Å². The summed E-state index contributed by atoms with van der Waals surface area (Å²) in [5, 5.41) is 12.6. The van der Waals surface area contributed by atoms with Crippen LogP contribution in [0.25, 0.3) is 104 Å². The summed E-state index contributed by atoms with van der Waals surface area (Å²) in [4.78, 5) is 0. The van der Waals surface area contributed by atoms with Gasteiger partial charge in [0.1, 0.15) is 0 Å². The Labute approximate surface area is 304 Å². The maximum absolute atomic E-state index is 2.51. The third-order valence-electron chi connectivity index (χ3n) is 11.4. The molecule has 3 heteroatoms. The fraction of sp³-hybridized carbons (Fsp3) is 0. The largest absolute Gasteiger partial charge is 0.309 e. The summed E-state index contributed by atoms with van der Waals surface area (Å²) in [6.45, 7) is 0. The van der Waals surface area contributed by atoms with Crippen LogP contribution in [0.2, 0.25) is 0 Å². The Balaban J connectivity index is 1.42. The van der Waals surface area contributed by atoms with Gasteiger partial charge in [-0.05, 0) is 82.2 Å². The van der Waals surface area contributed by atoms with Gasteiger partial charge in [-0.2, -0.15) is 0 Å². The third kappa shape index (κ3) is 3.83. The predicted molar refractivity (Wildman–Crippen MR) is 224 cm³/mol. The first-order chi connectivity index (χ1) is 26.3. The molecule has 0 saturated heterocycles. The average molecular weight is 674 g/mol. The zero-order chi connectivity index (χ0) is 34.6. The highest BCUT2D eigenvalue weighted by atomic mass is 15.0. The van der Waals surface area contributed by atoms with Crippen LogP contribution in [0.4, 0.5) is 0 Å². The summed E-state index contributed by atoms with van der Waals surface area (Å²) >= 11 is 0. The summed E-state index contributed by atoms with van der Waals surface area (Å²) in [6, 6.07) is 68.9. The minimum Gasteiger partial charge on any atom is -0.309 e. The number of para-hydroxylation sites is 3. The molecule has 0 spiro atoms. The highest BCUT2D eigenvalue weighted by molar-refractivity contribution is 6.36. The Hall–Kier alpha value is -7.10. The smallest absolute Gasteiger partial charge is 0.0642 e. The van der Waals surface area contributed by atoms with Crippen molar-refractivity contribution >= 4 is 87.0 Å². The van der Waals surface area contributed by atoms with E-state index < -0.39 is 0 Å². The van der Waals surface area contributed by atoms with E-state index in [9.17, 15) is 0 Å². The standard InChI is InChI=1S/C50H31N3/c1-4-16-34(17-5-1)51-43-30-26-39-45-37-22-12-10-14-32(37)24-28-41(45)52(35-18-6-2-7-19-35)49(39)47(43)48-44(51)31-27-40-46-38-23-13-11-15-33(38)25-29-42(46)53(50(40)48)36-20-8-3-9-21-36/h1-31H. The van der Waals surface area contributed by atoms with Crippen LogP contribution in [0.15, 0.2) is 188 Å². The zero-order valence-electron chi connectivity index (χ0n) is 28.7. The monoisotopic (exact) mass is 673 g/mol. The van der Waals surface area contributed by atoms with E-state index in [1.54, 1.807) is 0 Å². The molecule has 3 heterocycles. The third-order valence-corrected chi connectivity index (χ3v) is 11.4. The average Bonchev–Trinajstić information content (AvgIpc) is 3.87. The molecule has 53 heavy (non-hydrogen) atoms. The molecule has 3 aromatic heterocycles. The van der Waals surface area contributed by atoms with Gasteiger partial charge in [0.25, 0.3) is 0 Å². The van der Waals surface area contributed by atoms with Crippen molar-refractivity contribution in [3.8, 4) is 17.1 Å². The Morgan fingerprint density at radius 1 is 0.226 bits per heavy atom. The van der Waals surface area contributed by atoms with Gasteiger partial charge in [0.2, 0.25) is 0 Å². The first-order valence-electron chi connectivity index (χ1n) is 18.3. The van der Waals surface area contributed by atoms with Crippen LogP contribution in [0.1, 0.15) is 0 Å². The molecule has 0 amide bonds. The second-order valence-corrected chi connectivity index (χ2v) is 14.1. The van der Waals surface area contributed by atoms with Crippen LogP contribution in [0.5, 0.6) is 0 Å². The van der Waals surface area contributed by atoms with Crippen molar-refractivity contribution in [3.05, 3.63) is 188 Å². The van der Waals surface area contributed by atoms with Gasteiger partial charge in [-0.1, -0.05) is 127 Å². The van der Waals surface area contributed by atoms with E-state index in [0.717, 1.165) is 17.1 Å². The lowest BCUT2D eigenvalue weighted by atomic mass is 10.0. The molecule has 0 aliphatic heterocycles. The molecule has 0 fully saturated rings. The predicted octanol–water partition coefficient (Wildman–Crippen LogP) is 13.3. The lowest BCUT2D eigenvalue weighted by Crippen LogP contribution is -1.95. The highest BCUT2D eigenvalue weighted by Crippen LogP contribution is 2.48. The SMILES string of the molecule is c1ccc(-n2c3ccc4c5c6ccccc6ccc5n(-c5ccccc5)c4c3c3c2ccc2c4c5ccccc5ccc4n(-c4ccccc4)c23)cc1.